The van der Waals surface area contributed by atoms with Crippen LogP contribution in [-0.4, -0.2) is 10.2 Å². The summed E-state index contributed by atoms with van der Waals surface area (Å²) in [5.41, 5.74) is 2.83. The normalized spacial score (nSPS) is 12.0. The molecular weight excluding hydrogens is 377 g/mol. The Bertz CT molecular complexity index is 1100. The Hall–Kier alpha value is -3.18. The fraction of sp³-hybridized carbons (Fsp3) is 0.0909. The first kappa shape index (κ1) is 18.2. The Kier molecular flexibility index (Phi) is 5.08. The Morgan fingerprint density at radius 3 is 2.46 bits per heavy atom. The standard InChI is InChI=1S/C22H17ClFN3O/c1-14-17(23)11-7-13-19(14)25-20(16-10-5-6-12-18(16)24)22-27-26-21(28-22)15-8-3-2-4-9-15/h2-13,20,25H,1H3/t20-/m1/s1. The highest BCUT2D eigenvalue weighted by Gasteiger charge is 2.25. The molecule has 1 atom stereocenters. The monoisotopic (exact) mass is 393 g/mol. The summed E-state index contributed by atoms with van der Waals surface area (Å²) < 4.78 is 20.5. The number of rotatable bonds is 5. The highest BCUT2D eigenvalue weighted by atomic mass is 35.5. The fourth-order valence-electron chi connectivity index (χ4n) is 2.95. The maximum atomic E-state index is 14.6. The van der Waals surface area contributed by atoms with Crippen molar-refractivity contribution in [3.63, 3.8) is 0 Å². The molecule has 0 bridgehead atoms. The number of hydrogen-bond donors (Lipinski definition) is 1. The third-order valence-corrected chi connectivity index (χ3v) is 4.90. The Balaban J connectivity index is 1.77. The van der Waals surface area contributed by atoms with Gasteiger partial charge >= 0.3 is 0 Å². The van der Waals surface area contributed by atoms with Crippen LogP contribution in [0, 0.1) is 12.7 Å². The predicted octanol–water partition coefficient (Wildman–Crippen LogP) is 6.04. The van der Waals surface area contributed by atoms with Crippen LogP contribution in [0.25, 0.3) is 11.5 Å². The van der Waals surface area contributed by atoms with Crippen molar-refractivity contribution in [3.05, 3.63) is 101 Å². The second-order valence-electron chi connectivity index (χ2n) is 6.32. The average molecular weight is 394 g/mol. The van der Waals surface area contributed by atoms with E-state index in [0.717, 1.165) is 16.8 Å². The summed E-state index contributed by atoms with van der Waals surface area (Å²) in [4.78, 5) is 0. The Morgan fingerprint density at radius 2 is 1.68 bits per heavy atom. The van der Waals surface area contributed by atoms with E-state index >= 15 is 0 Å². The number of anilines is 1. The molecule has 0 aliphatic carbocycles. The van der Waals surface area contributed by atoms with Crippen molar-refractivity contribution in [1.82, 2.24) is 10.2 Å². The summed E-state index contributed by atoms with van der Waals surface area (Å²) in [6.45, 7) is 1.90. The molecule has 4 aromatic rings. The summed E-state index contributed by atoms with van der Waals surface area (Å²) in [6.07, 6.45) is 0. The quantitative estimate of drug-likeness (QED) is 0.449. The molecule has 0 aliphatic heterocycles. The van der Waals surface area contributed by atoms with E-state index in [2.05, 4.69) is 15.5 Å². The van der Waals surface area contributed by atoms with E-state index in [1.165, 1.54) is 6.07 Å². The van der Waals surface area contributed by atoms with E-state index in [1.54, 1.807) is 24.3 Å². The van der Waals surface area contributed by atoms with Crippen LogP contribution in [-0.2, 0) is 0 Å². The summed E-state index contributed by atoms with van der Waals surface area (Å²) >= 11 is 6.24. The molecule has 1 heterocycles. The zero-order valence-electron chi connectivity index (χ0n) is 15.1. The van der Waals surface area contributed by atoms with Gasteiger partial charge in [-0.05, 0) is 42.8 Å². The van der Waals surface area contributed by atoms with E-state index in [9.17, 15) is 4.39 Å². The number of aromatic nitrogens is 2. The molecular formula is C22H17ClFN3O. The molecule has 6 heteroatoms. The van der Waals surface area contributed by atoms with Crippen LogP contribution in [0.3, 0.4) is 0 Å². The van der Waals surface area contributed by atoms with Crippen LogP contribution in [0.4, 0.5) is 10.1 Å². The van der Waals surface area contributed by atoms with Gasteiger partial charge in [0, 0.05) is 21.8 Å². The average Bonchev–Trinajstić information content (AvgIpc) is 3.20. The van der Waals surface area contributed by atoms with Gasteiger partial charge in [0.05, 0.1) is 0 Å². The number of halogens is 2. The van der Waals surface area contributed by atoms with Gasteiger partial charge in [0.25, 0.3) is 0 Å². The Labute approximate surface area is 167 Å². The van der Waals surface area contributed by atoms with E-state index in [-0.39, 0.29) is 11.7 Å². The minimum absolute atomic E-state index is 0.267. The molecule has 140 valence electrons. The predicted molar refractivity (Wildman–Crippen MR) is 108 cm³/mol. The van der Waals surface area contributed by atoms with Crippen molar-refractivity contribution in [2.45, 2.75) is 13.0 Å². The number of nitrogens with one attached hydrogen (secondary N) is 1. The SMILES string of the molecule is Cc1c(Cl)cccc1N[C@@H](c1nnc(-c2ccccc2)o1)c1ccccc1F. The number of hydrogen-bond acceptors (Lipinski definition) is 4. The number of nitrogens with zero attached hydrogens (tertiary/aromatic N) is 2. The summed E-state index contributed by atoms with van der Waals surface area (Å²) in [5.74, 6) is 0.282. The zero-order valence-corrected chi connectivity index (χ0v) is 15.8. The van der Waals surface area contributed by atoms with Crippen LogP contribution >= 0.6 is 11.6 Å². The van der Waals surface area contributed by atoms with E-state index in [0.29, 0.717) is 16.5 Å². The van der Waals surface area contributed by atoms with Gasteiger partial charge in [-0.25, -0.2) is 4.39 Å². The van der Waals surface area contributed by atoms with Crippen LogP contribution in [0.5, 0.6) is 0 Å². The highest BCUT2D eigenvalue weighted by Crippen LogP contribution is 2.32. The molecule has 0 fully saturated rings. The zero-order chi connectivity index (χ0) is 19.5. The first-order chi connectivity index (χ1) is 13.6. The van der Waals surface area contributed by atoms with Gasteiger partial charge in [-0.3, -0.25) is 0 Å². The third-order valence-electron chi connectivity index (χ3n) is 4.49. The lowest BCUT2D eigenvalue weighted by Crippen LogP contribution is -2.15. The maximum Gasteiger partial charge on any atom is 0.247 e. The third kappa shape index (κ3) is 3.62. The lowest BCUT2D eigenvalue weighted by molar-refractivity contribution is 0.485. The molecule has 4 nitrogen and oxygen atoms in total. The van der Waals surface area contributed by atoms with Gasteiger partial charge < -0.3 is 9.73 Å². The molecule has 0 aliphatic rings. The maximum absolute atomic E-state index is 14.6. The van der Waals surface area contributed by atoms with Gasteiger partial charge in [-0.2, -0.15) is 0 Å². The van der Waals surface area contributed by atoms with E-state index in [4.69, 9.17) is 16.0 Å². The Morgan fingerprint density at radius 1 is 0.929 bits per heavy atom. The van der Waals surface area contributed by atoms with Gasteiger partial charge in [0.1, 0.15) is 11.9 Å². The van der Waals surface area contributed by atoms with Crippen molar-refractivity contribution in [3.8, 4) is 11.5 Å². The molecule has 1 aromatic heterocycles. The van der Waals surface area contributed by atoms with Gasteiger partial charge in [-0.1, -0.05) is 54.1 Å². The number of benzene rings is 3. The van der Waals surface area contributed by atoms with Crippen molar-refractivity contribution >= 4 is 17.3 Å². The lowest BCUT2D eigenvalue weighted by atomic mass is 10.0. The molecule has 0 radical (unpaired) electrons. The van der Waals surface area contributed by atoms with Gasteiger partial charge in [0.15, 0.2) is 0 Å². The molecule has 28 heavy (non-hydrogen) atoms. The van der Waals surface area contributed by atoms with Crippen LogP contribution < -0.4 is 5.32 Å². The largest absolute Gasteiger partial charge is 0.418 e. The van der Waals surface area contributed by atoms with Gasteiger partial charge in [-0.15, -0.1) is 10.2 Å². The fourth-order valence-corrected chi connectivity index (χ4v) is 3.12. The second-order valence-corrected chi connectivity index (χ2v) is 6.73. The summed E-state index contributed by atoms with van der Waals surface area (Å²) in [6, 6.07) is 20.8. The summed E-state index contributed by atoms with van der Waals surface area (Å²) in [5, 5.41) is 12.2. The summed E-state index contributed by atoms with van der Waals surface area (Å²) in [7, 11) is 0. The van der Waals surface area contributed by atoms with Crippen molar-refractivity contribution in [2.24, 2.45) is 0 Å². The molecule has 0 spiro atoms. The van der Waals surface area contributed by atoms with Crippen LogP contribution in [0.2, 0.25) is 5.02 Å². The molecule has 3 aromatic carbocycles. The highest BCUT2D eigenvalue weighted by molar-refractivity contribution is 6.31. The first-order valence-electron chi connectivity index (χ1n) is 8.78. The smallest absolute Gasteiger partial charge is 0.247 e. The van der Waals surface area contributed by atoms with Crippen LogP contribution in [0.15, 0.2) is 77.2 Å². The molecule has 0 saturated carbocycles. The van der Waals surface area contributed by atoms with Crippen molar-refractivity contribution in [1.29, 1.82) is 0 Å². The molecule has 0 saturated heterocycles. The molecule has 4 rings (SSSR count). The van der Waals surface area contributed by atoms with E-state index < -0.39 is 6.04 Å². The molecule has 0 unspecified atom stereocenters. The molecule has 1 N–H and O–H groups in total. The van der Waals surface area contributed by atoms with Gasteiger partial charge in [0.2, 0.25) is 11.8 Å². The van der Waals surface area contributed by atoms with E-state index in [1.807, 2.05) is 49.4 Å². The van der Waals surface area contributed by atoms with Crippen LogP contribution in [0.1, 0.15) is 23.1 Å². The minimum Gasteiger partial charge on any atom is -0.418 e. The van der Waals surface area contributed by atoms with Crippen molar-refractivity contribution in [2.75, 3.05) is 5.32 Å². The lowest BCUT2D eigenvalue weighted by Gasteiger charge is -2.19. The molecule has 0 amide bonds. The minimum atomic E-state index is -0.664. The second kappa shape index (κ2) is 7.82. The first-order valence-corrected chi connectivity index (χ1v) is 9.16. The topological polar surface area (TPSA) is 51.0 Å². The van der Waals surface area contributed by atoms with Crippen molar-refractivity contribution < 1.29 is 8.81 Å².